The maximum atomic E-state index is 14.4. The number of carbonyl (C=O) groups is 5. The standard InChI is InChI=1S/C40H48N4O7/c1-7-31(51-32-18-16-25(2)22-26(32)3)36(46)41-29-17-19-33(50-6)30(23-29)42-37(47)34(35(45)40(5)20-12-9-13-21-40)44-38(48)27(4)43(39(44)49)24-28-14-10-8-11-15-28/h8,10-11,14-19,22-23,27,31,34H,7,9,12-13,20-21,24H2,1-6H3,(H,41,46)(H,42,47). The Morgan fingerprint density at radius 2 is 1.59 bits per heavy atom. The number of imide groups is 1. The molecule has 0 spiro atoms. The van der Waals surface area contributed by atoms with E-state index in [2.05, 4.69) is 10.6 Å². The molecule has 11 heteroatoms. The second kappa shape index (κ2) is 15.8. The number of Topliss-reactive ketones (excluding diaryl/α,β-unsaturated/α-hetero) is 1. The van der Waals surface area contributed by atoms with Gasteiger partial charge in [0.05, 0.1) is 12.8 Å². The van der Waals surface area contributed by atoms with Crippen LogP contribution in [0.25, 0.3) is 0 Å². The van der Waals surface area contributed by atoms with Gasteiger partial charge in [-0.15, -0.1) is 0 Å². The van der Waals surface area contributed by atoms with Crippen LogP contribution in [0.5, 0.6) is 11.5 Å². The van der Waals surface area contributed by atoms with E-state index in [0.717, 1.165) is 40.9 Å². The summed E-state index contributed by atoms with van der Waals surface area (Å²) in [5.74, 6) is -1.46. The van der Waals surface area contributed by atoms with Crippen LogP contribution in [0, 0.1) is 19.3 Å². The quantitative estimate of drug-likeness (QED) is 0.148. The first-order valence-corrected chi connectivity index (χ1v) is 17.6. The molecule has 270 valence electrons. The van der Waals surface area contributed by atoms with Gasteiger partial charge >= 0.3 is 6.03 Å². The van der Waals surface area contributed by atoms with E-state index < -0.39 is 47.2 Å². The van der Waals surface area contributed by atoms with Crippen LogP contribution in [0.3, 0.4) is 0 Å². The summed E-state index contributed by atoms with van der Waals surface area (Å²) in [6.07, 6.45) is 3.27. The van der Waals surface area contributed by atoms with Gasteiger partial charge in [-0.2, -0.15) is 0 Å². The van der Waals surface area contributed by atoms with Crippen molar-refractivity contribution in [3.05, 3.63) is 83.4 Å². The molecular formula is C40H48N4O7. The lowest BCUT2D eigenvalue weighted by atomic mass is 9.70. The summed E-state index contributed by atoms with van der Waals surface area (Å²) in [5.41, 5.74) is 2.41. The Bertz CT molecular complexity index is 1790. The minimum Gasteiger partial charge on any atom is -0.495 e. The van der Waals surface area contributed by atoms with Gasteiger partial charge in [-0.1, -0.05) is 81.1 Å². The number of amides is 5. The molecule has 3 atom stereocenters. The molecule has 5 rings (SSSR count). The molecule has 2 fully saturated rings. The molecular weight excluding hydrogens is 648 g/mol. The molecule has 1 aliphatic heterocycles. The predicted molar refractivity (Wildman–Crippen MR) is 195 cm³/mol. The number of urea groups is 1. The number of hydrogen-bond acceptors (Lipinski definition) is 7. The molecule has 1 saturated heterocycles. The minimum atomic E-state index is -1.71. The van der Waals surface area contributed by atoms with Crippen molar-refractivity contribution in [2.24, 2.45) is 5.41 Å². The van der Waals surface area contributed by atoms with Crippen LogP contribution < -0.4 is 20.1 Å². The van der Waals surface area contributed by atoms with Crippen molar-refractivity contribution in [2.45, 2.75) is 97.9 Å². The Labute approximate surface area is 299 Å². The van der Waals surface area contributed by atoms with E-state index in [0.29, 0.717) is 30.7 Å². The first kappa shape index (κ1) is 37.1. The number of hydrogen-bond donors (Lipinski definition) is 2. The molecule has 51 heavy (non-hydrogen) atoms. The molecule has 1 heterocycles. The molecule has 5 amide bonds. The van der Waals surface area contributed by atoms with Gasteiger partial charge in [-0.3, -0.25) is 19.2 Å². The van der Waals surface area contributed by atoms with Gasteiger partial charge in [0.15, 0.2) is 17.9 Å². The highest BCUT2D eigenvalue weighted by atomic mass is 16.5. The van der Waals surface area contributed by atoms with Gasteiger partial charge < -0.3 is 25.0 Å². The topological polar surface area (TPSA) is 134 Å². The Kier molecular flexibility index (Phi) is 11.5. The third kappa shape index (κ3) is 8.08. The maximum absolute atomic E-state index is 14.4. The lowest BCUT2D eigenvalue weighted by Gasteiger charge is -2.36. The summed E-state index contributed by atoms with van der Waals surface area (Å²) in [5, 5.41) is 5.63. The van der Waals surface area contributed by atoms with E-state index in [9.17, 15) is 24.0 Å². The molecule has 0 bridgehead atoms. The highest BCUT2D eigenvalue weighted by Gasteiger charge is 2.53. The van der Waals surface area contributed by atoms with Crippen molar-refractivity contribution >= 4 is 40.9 Å². The lowest BCUT2D eigenvalue weighted by Crippen LogP contribution is -2.56. The highest BCUT2D eigenvalue weighted by Crippen LogP contribution is 2.40. The fourth-order valence-corrected chi connectivity index (χ4v) is 6.93. The summed E-state index contributed by atoms with van der Waals surface area (Å²) < 4.78 is 11.6. The van der Waals surface area contributed by atoms with Crippen LogP contribution in [0.2, 0.25) is 0 Å². The molecule has 11 nitrogen and oxygen atoms in total. The van der Waals surface area contributed by atoms with Crippen molar-refractivity contribution in [3.63, 3.8) is 0 Å². The van der Waals surface area contributed by atoms with Gasteiger partial charge in [0.25, 0.3) is 17.7 Å². The van der Waals surface area contributed by atoms with E-state index in [1.807, 2.05) is 76.2 Å². The second-order valence-corrected chi connectivity index (χ2v) is 13.8. The van der Waals surface area contributed by atoms with Crippen LogP contribution in [-0.2, 0) is 25.7 Å². The summed E-state index contributed by atoms with van der Waals surface area (Å²) in [6.45, 7) is 9.31. The van der Waals surface area contributed by atoms with Crippen molar-refractivity contribution in [1.29, 1.82) is 0 Å². The Morgan fingerprint density at radius 1 is 0.902 bits per heavy atom. The number of ketones is 1. The summed E-state index contributed by atoms with van der Waals surface area (Å²) in [7, 11) is 1.43. The fraction of sp³-hybridized carbons (Fsp3) is 0.425. The summed E-state index contributed by atoms with van der Waals surface area (Å²) in [6, 6.07) is 16.4. The number of benzene rings is 3. The largest absolute Gasteiger partial charge is 0.495 e. The summed E-state index contributed by atoms with van der Waals surface area (Å²) in [4.78, 5) is 72.2. The number of ether oxygens (including phenoxy) is 2. The monoisotopic (exact) mass is 696 g/mol. The average Bonchev–Trinajstić information content (AvgIpc) is 3.31. The number of aryl methyl sites for hydroxylation is 2. The number of methoxy groups -OCH3 is 1. The third-order valence-corrected chi connectivity index (χ3v) is 10.0. The highest BCUT2D eigenvalue weighted by molar-refractivity contribution is 6.19. The molecule has 3 aromatic rings. The van der Waals surface area contributed by atoms with Gasteiger partial charge in [-0.05, 0) is 75.4 Å². The van der Waals surface area contributed by atoms with Crippen molar-refractivity contribution in [2.75, 3.05) is 17.7 Å². The van der Waals surface area contributed by atoms with Gasteiger partial charge in [-0.25, -0.2) is 9.69 Å². The zero-order chi connectivity index (χ0) is 36.9. The van der Waals surface area contributed by atoms with Crippen LogP contribution in [0.15, 0.2) is 66.7 Å². The van der Waals surface area contributed by atoms with E-state index in [1.165, 1.54) is 18.1 Å². The zero-order valence-corrected chi connectivity index (χ0v) is 30.3. The number of anilines is 2. The Morgan fingerprint density at radius 3 is 2.24 bits per heavy atom. The van der Waals surface area contributed by atoms with Crippen LogP contribution in [-0.4, -0.2) is 64.6 Å². The van der Waals surface area contributed by atoms with Gasteiger partial charge in [0, 0.05) is 17.6 Å². The molecule has 2 N–H and O–H groups in total. The fourth-order valence-electron chi connectivity index (χ4n) is 6.93. The number of nitrogens with one attached hydrogen (secondary N) is 2. The molecule has 3 aromatic carbocycles. The van der Waals surface area contributed by atoms with E-state index >= 15 is 0 Å². The second-order valence-electron chi connectivity index (χ2n) is 13.8. The van der Waals surface area contributed by atoms with E-state index in [4.69, 9.17) is 9.47 Å². The normalized spacial score (nSPS) is 18.2. The first-order valence-electron chi connectivity index (χ1n) is 17.6. The maximum Gasteiger partial charge on any atom is 0.328 e. The molecule has 2 aliphatic rings. The number of rotatable bonds is 13. The number of nitrogens with zero attached hydrogens (tertiary/aromatic N) is 2. The first-order chi connectivity index (χ1) is 24.4. The SMILES string of the molecule is CCC(Oc1ccc(C)cc1C)C(=O)Nc1ccc(OC)c(NC(=O)C(C(=O)C2(C)CCCCC2)N2C(=O)C(C)N(Cc3ccccc3)C2=O)c1. The third-order valence-electron chi connectivity index (χ3n) is 10.0. The van der Waals surface area contributed by atoms with E-state index in [1.54, 1.807) is 19.1 Å². The average molecular weight is 697 g/mol. The zero-order valence-electron chi connectivity index (χ0n) is 30.3. The Balaban J connectivity index is 1.42. The molecule has 3 unspecified atom stereocenters. The van der Waals surface area contributed by atoms with Crippen molar-refractivity contribution in [3.8, 4) is 11.5 Å². The van der Waals surface area contributed by atoms with Crippen LogP contribution >= 0.6 is 0 Å². The molecule has 0 radical (unpaired) electrons. The minimum absolute atomic E-state index is 0.143. The predicted octanol–water partition coefficient (Wildman–Crippen LogP) is 6.81. The molecule has 1 aliphatic carbocycles. The number of carbonyl (C=O) groups excluding carboxylic acids is 5. The molecule has 0 aromatic heterocycles. The van der Waals surface area contributed by atoms with Gasteiger partial charge in [0.2, 0.25) is 0 Å². The Hall–Kier alpha value is -5.19. The van der Waals surface area contributed by atoms with Crippen LogP contribution in [0.1, 0.15) is 76.0 Å². The van der Waals surface area contributed by atoms with Gasteiger partial charge in [0.1, 0.15) is 17.5 Å². The molecule has 1 saturated carbocycles. The summed E-state index contributed by atoms with van der Waals surface area (Å²) >= 11 is 0. The van der Waals surface area contributed by atoms with Crippen LogP contribution in [0.4, 0.5) is 16.2 Å². The van der Waals surface area contributed by atoms with E-state index in [-0.39, 0.29) is 23.9 Å². The lowest BCUT2D eigenvalue weighted by molar-refractivity contribution is -0.145. The van der Waals surface area contributed by atoms with Crippen molar-refractivity contribution < 1.29 is 33.4 Å². The van der Waals surface area contributed by atoms with Crippen molar-refractivity contribution in [1.82, 2.24) is 9.80 Å². The smallest absolute Gasteiger partial charge is 0.328 e.